The Hall–Kier alpha value is -0.570. The minimum absolute atomic E-state index is 0. The van der Waals surface area contributed by atoms with Crippen LogP contribution in [0.15, 0.2) is 30.3 Å². The van der Waals surface area contributed by atoms with Crippen LogP contribution in [-0.2, 0) is 0 Å². The average molecular weight is 214 g/mol. The molecule has 1 heterocycles. The summed E-state index contributed by atoms with van der Waals surface area (Å²) in [5.74, 6) is 0.582. The molecule has 0 saturated carbocycles. The van der Waals surface area contributed by atoms with E-state index in [1.54, 1.807) is 0 Å². The topological polar surface area (TPSA) is 32.3 Å². The SMILES string of the molecule is Cl.OC[C@H]1C[C@@H](c2ccccc2)CN1. The van der Waals surface area contributed by atoms with Crippen LogP contribution >= 0.6 is 12.4 Å². The number of rotatable bonds is 2. The van der Waals surface area contributed by atoms with Gasteiger partial charge in [-0.2, -0.15) is 0 Å². The smallest absolute Gasteiger partial charge is 0.0584 e. The first-order valence-electron chi connectivity index (χ1n) is 4.79. The normalized spacial score (nSPS) is 25.8. The molecule has 3 heteroatoms. The molecule has 2 atom stereocenters. The third-order valence-corrected chi connectivity index (χ3v) is 2.71. The number of aliphatic hydroxyl groups is 1. The van der Waals surface area contributed by atoms with Gasteiger partial charge in [0.15, 0.2) is 0 Å². The van der Waals surface area contributed by atoms with Crippen molar-refractivity contribution in [2.75, 3.05) is 13.2 Å². The Labute approximate surface area is 90.7 Å². The second-order valence-electron chi connectivity index (χ2n) is 3.63. The van der Waals surface area contributed by atoms with Gasteiger partial charge in [0, 0.05) is 12.6 Å². The summed E-state index contributed by atoms with van der Waals surface area (Å²) in [6, 6.07) is 10.8. The molecule has 1 saturated heterocycles. The van der Waals surface area contributed by atoms with Crippen molar-refractivity contribution < 1.29 is 5.11 Å². The van der Waals surface area contributed by atoms with E-state index in [1.165, 1.54) is 5.56 Å². The number of benzene rings is 1. The molecule has 0 aromatic heterocycles. The first-order chi connectivity index (χ1) is 6.40. The predicted octanol–water partition coefficient (Wildman–Crippen LogP) is 1.55. The number of halogens is 1. The van der Waals surface area contributed by atoms with E-state index in [0.717, 1.165) is 13.0 Å². The van der Waals surface area contributed by atoms with Crippen molar-refractivity contribution in [3.05, 3.63) is 35.9 Å². The second-order valence-corrected chi connectivity index (χ2v) is 3.63. The van der Waals surface area contributed by atoms with Gasteiger partial charge >= 0.3 is 0 Å². The molecule has 0 unspecified atom stereocenters. The van der Waals surface area contributed by atoms with Gasteiger partial charge in [-0.1, -0.05) is 30.3 Å². The van der Waals surface area contributed by atoms with Gasteiger partial charge in [0.2, 0.25) is 0 Å². The van der Waals surface area contributed by atoms with E-state index in [4.69, 9.17) is 5.11 Å². The molecule has 1 aliphatic rings. The maximum Gasteiger partial charge on any atom is 0.0584 e. The van der Waals surface area contributed by atoms with Crippen LogP contribution in [0.2, 0.25) is 0 Å². The quantitative estimate of drug-likeness (QED) is 0.782. The first-order valence-corrected chi connectivity index (χ1v) is 4.79. The maximum atomic E-state index is 8.97. The molecule has 2 nitrogen and oxygen atoms in total. The number of nitrogens with one attached hydrogen (secondary N) is 1. The highest BCUT2D eigenvalue weighted by Gasteiger charge is 2.23. The molecule has 78 valence electrons. The largest absolute Gasteiger partial charge is 0.395 e. The third kappa shape index (κ3) is 2.47. The fraction of sp³-hybridized carbons (Fsp3) is 0.455. The monoisotopic (exact) mass is 213 g/mol. The van der Waals surface area contributed by atoms with Gasteiger partial charge in [0.25, 0.3) is 0 Å². The Morgan fingerprint density at radius 2 is 2.00 bits per heavy atom. The van der Waals surface area contributed by atoms with Crippen molar-refractivity contribution >= 4 is 12.4 Å². The van der Waals surface area contributed by atoms with Crippen molar-refractivity contribution in [1.29, 1.82) is 0 Å². The molecule has 0 amide bonds. The molecule has 1 aromatic carbocycles. The molecule has 0 bridgehead atoms. The molecular weight excluding hydrogens is 198 g/mol. The van der Waals surface area contributed by atoms with Gasteiger partial charge in [0.1, 0.15) is 0 Å². The lowest BCUT2D eigenvalue weighted by atomic mass is 9.97. The van der Waals surface area contributed by atoms with Crippen LogP contribution in [0.25, 0.3) is 0 Å². The summed E-state index contributed by atoms with van der Waals surface area (Å²) in [5.41, 5.74) is 1.38. The van der Waals surface area contributed by atoms with E-state index in [2.05, 4.69) is 29.6 Å². The fourth-order valence-electron chi connectivity index (χ4n) is 1.94. The highest BCUT2D eigenvalue weighted by molar-refractivity contribution is 5.85. The van der Waals surface area contributed by atoms with E-state index >= 15 is 0 Å². The lowest BCUT2D eigenvalue weighted by Gasteiger charge is -2.08. The Bertz CT molecular complexity index is 265. The van der Waals surface area contributed by atoms with Crippen LogP contribution in [0.1, 0.15) is 17.9 Å². The zero-order valence-corrected chi connectivity index (χ0v) is 8.83. The molecule has 0 radical (unpaired) electrons. The minimum Gasteiger partial charge on any atom is -0.395 e. The minimum atomic E-state index is 0. The van der Waals surface area contributed by atoms with Crippen molar-refractivity contribution in [1.82, 2.24) is 5.32 Å². The van der Waals surface area contributed by atoms with E-state index < -0.39 is 0 Å². The summed E-state index contributed by atoms with van der Waals surface area (Å²) in [5, 5.41) is 12.3. The second kappa shape index (κ2) is 5.35. The van der Waals surface area contributed by atoms with Crippen LogP contribution in [-0.4, -0.2) is 24.3 Å². The fourth-order valence-corrected chi connectivity index (χ4v) is 1.94. The summed E-state index contributed by atoms with van der Waals surface area (Å²) in [6.45, 7) is 1.25. The van der Waals surface area contributed by atoms with Crippen molar-refractivity contribution in [3.8, 4) is 0 Å². The molecule has 14 heavy (non-hydrogen) atoms. The lowest BCUT2D eigenvalue weighted by Crippen LogP contribution is -2.24. The zero-order chi connectivity index (χ0) is 9.10. The van der Waals surface area contributed by atoms with Crippen LogP contribution < -0.4 is 5.32 Å². The average Bonchev–Trinajstić information content (AvgIpc) is 2.67. The molecule has 2 rings (SSSR count). The molecule has 0 aliphatic carbocycles. The molecule has 1 fully saturated rings. The molecular formula is C11H16ClNO. The predicted molar refractivity (Wildman–Crippen MR) is 59.9 cm³/mol. The Balaban J connectivity index is 0.000000980. The van der Waals surface area contributed by atoms with Gasteiger partial charge < -0.3 is 10.4 Å². The Morgan fingerprint density at radius 3 is 2.57 bits per heavy atom. The molecule has 1 aromatic rings. The highest BCUT2D eigenvalue weighted by atomic mass is 35.5. The molecule has 0 spiro atoms. The third-order valence-electron chi connectivity index (χ3n) is 2.71. The number of hydrogen-bond acceptors (Lipinski definition) is 2. The Morgan fingerprint density at radius 1 is 1.29 bits per heavy atom. The first kappa shape index (κ1) is 11.5. The van der Waals surface area contributed by atoms with Crippen LogP contribution in [0.4, 0.5) is 0 Å². The van der Waals surface area contributed by atoms with E-state index in [-0.39, 0.29) is 19.0 Å². The van der Waals surface area contributed by atoms with Crippen LogP contribution in [0.5, 0.6) is 0 Å². The summed E-state index contributed by atoms with van der Waals surface area (Å²) >= 11 is 0. The maximum absolute atomic E-state index is 8.97. The summed E-state index contributed by atoms with van der Waals surface area (Å²) in [4.78, 5) is 0. The van der Waals surface area contributed by atoms with Gasteiger partial charge in [-0.15, -0.1) is 12.4 Å². The van der Waals surface area contributed by atoms with Crippen LogP contribution in [0.3, 0.4) is 0 Å². The summed E-state index contributed by atoms with van der Waals surface area (Å²) in [7, 11) is 0. The van der Waals surface area contributed by atoms with Crippen molar-refractivity contribution in [3.63, 3.8) is 0 Å². The van der Waals surface area contributed by atoms with Crippen molar-refractivity contribution in [2.24, 2.45) is 0 Å². The van der Waals surface area contributed by atoms with E-state index in [1.807, 2.05) is 6.07 Å². The molecule has 2 N–H and O–H groups in total. The highest BCUT2D eigenvalue weighted by Crippen LogP contribution is 2.24. The standard InChI is InChI=1S/C11H15NO.ClH/c13-8-11-6-10(7-12-11)9-4-2-1-3-5-9;/h1-5,10-13H,6-8H2;1H/t10-,11-;/m1./s1. The molecule has 1 aliphatic heterocycles. The van der Waals surface area contributed by atoms with Gasteiger partial charge in [0.05, 0.1) is 6.61 Å². The van der Waals surface area contributed by atoms with E-state index in [0.29, 0.717) is 12.0 Å². The van der Waals surface area contributed by atoms with Gasteiger partial charge in [-0.3, -0.25) is 0 Å². The van der Waals surface area contributed by atoms with Gasteiger partial charge in [-0.25, -0.2) is 0 Å². The lowest BCUT2D eigenvalue weighted by molar-refractivity contribution is 0.254. The Kier molecular flexibility index (Phi) is 4.39. The number of aliphatic hydroxyl groups excluding tert-OH is 1. The summed E-state index contributed by atoms with van der Waals surface area (Å²) < 4.78 is 0. The van der Waals surface area contributed by atoms with Gasteiger partial charge in [-0.05, 0) is 17.9 Å². The zero-order valence-electron chi connectivity index (χ0n) is 8.02. The summed E-state index contributed by atoms with van der Waals surface area (Å²) in [6.07, 6.45) is 1.06. The number of hydrogen-bond donors (Lipinski definition) is 2. The van der Waals surface area contributed by atoms with Crippen LogP contribution in [0, 0.1) is 0 Å². The van der Waals surface area contributed by atoms with Crippen molar-refractivity contribution in [2.45, 2.75) is 18.4 Å². The van der Waals surface area contributed by atoms with E-state index in [9.17, 15) is 0 Å².